The molecule has 1 aromatic heterocycles. The van der Waals surface area contributed by atoms with Crippen LogP contribution in [0.25, 0.3) is 0 Å². The highest BCUT2D eigenvalue weighted by molar-refractivity contribution is 7.92. The number of methoxy groups -OCH3 is 1. The molecule has 0 bridgehead atoms. The van der Waals surface area contributed by atoms with Crippen molar-refractivity contribution >= 4 is 44.7 Å². The maximum atomic E-state index is 12.2. The van der Waals surface area contributed by atoms with Gasteiger partial charge in [-0.3, -0.25) is 4.72 Å². The molecule has 10 heteroatoms. The summed E-state index contributed by atoms with van der Waals surface area (Å²) in [6, 6.07) is 4.05. The number of ether oxygens (including phenoxy) is 1. The van der Waals surface area contributed by atoms with E-state index < -0.39 is 10.0 Å². The minimum atomic E-state index is -3.92. The highest BCUT2D eigenvalue weighted by atomic mass is 35.5. The lowest BCUT2D eigenvalue weighted by molar-refractivity contribution is 0.416. The fourth-order valence-corrected chi connectivity index (χ4v) is 2.88. The third kappa shape index (κ3) is 3.29. The maximum absolute atomic E-state index is 12.2. The van der Waals surface area contributed by atoms with Crippen molar-refractivity contribution in [2.24, 2.45) is 0 Å². The third-order valence-corrected chi connectivity index (χ3v) is 4.57. The number of rotatable bonds is 4. The average Bonchev–Trinajstić information content (AvgIpc) is 2.43. The van der Waals surface area contributed by atoms with Crippen molar-refractivity contribution in [1.29, 1.82) is 0 Å². The molecule has 21 heavy (non-hydrogen) atoms. The summed E-state index contributed by atoms with van der Waals surface area (Å²) >= 11 is 11.5. The number of nitrogens with one attached hydrogen (secondary N) is 1. The van der Waals surface area contributed by atoms with E-state index in [-0.39, 0.29) is 26.6 Å². The van der Waals surface area contributed by atoms with E-state index in [0.29, 0.717) is 5.75 Å². The second-order valence-corrected chi connectivity index (χ2v) is 6.25. The molecule has 2 rings (SSSR count). The molecule has 2 aromatic rings. The van der Waals surface area contributed by atoms with Crippen LogP contribution in [0.1, 0.15) is 0 Å². The van der Waals surface area contributed by atoms with Gasteiger partial charge in [-0.2, -0.15) is 0 Å². The molecule has 0 saturated carbocycles. The van der Waals surface area contributed by atoms with Gasteiger partial charge in [0.15, 0.2) is 11.0 Å². The Morgan fingerprint density at radius 1 is 1.29 bits per heavy atom. The Kier molecular flexibility index (Phi) is 4.40. The van der Waals surface area contributed by atoms with Crippen molar-refractivity contribution in [2.45, 2.75) is 4.90 Å². The van der Waals surface area contributed by atoms with Crippen LogP contribution in [0.4, 0.5) is 11.5 Å². The van der Waals surface area contributed by atoms with E-state index in [0.717, 1.165) is 6.33 Å². The van der Waals surface area contributed by atoms with Gasteiger partial charge in [-0.15, -0.1) is 0 Å². The molecule has 0 spiro atoms. The topological polar surface area (TPSA) is 107 Å². The Morgan fingerprint density at radius 2 is 2.00 bits per heavy atom. The molecule has 0 aliphatic rings. The van der Waals surface area contributed by atoms with Crippen LogP contribution >= 0.6 is 23.2 Å². The molecular formula is C11H10Cl2N4O3S. The highest BCUT2D eigenvalue weighted by Crippen LogP contribution is 2.29. The molecule has 0 aliphatic carbocycles. The predicted octanol–water partition coefficient (Wildman–Crippen LogP) is 2.17. The number of sulfonamides is 1. The Morgan fingerprint density at radius 3 is 2.62 bits per heavy atom. The summed E-state index contributed by atoms with van der Waals surface area (Å²) in [5.74, 6) is 0.253. The van der Waals surface area contributed by atoms with E-state index >= 15 is 0 Å². The summed E-state index contributed by atoms with van der Waals surface area (Å²) in [4.78, 5) is 7.30. The summed E-state index contributed by atoms with van der Waals surface area (Å²) in [5.41, 5.74) is 5.87. The largest absolute Gasteiger partial charge is 0.495 e. The van der Waals surface area contributed by atoms with Crippen LogP contribution in [0.2, 0.25) is 10.2 Å². The van der Waals surface area contributed by atoms with Crippen LogP contribution in [-0.2, 0) is 10.0 Å². The molecule has 0 fully saturated rings. The summed E-state index contributed by atoms with van der Waals surface area (Å²) in [7, 11) is -2.49. The number of nitrogens with two attached hydrogens (primary N) is 1. The van der Waals surface area contributed by atoms with Gasteiger partial charge < -0.3 is 10.5 Å². The number of halogens is 2. The van der Waals surface area contributed by atoms with Gasteiger partial charge in [0.1, 0.15) is 17.1 Å². The third-order valence-electron chi connectivity index (χ3n) is 2.49. The molecule has 1 heterocycles. The summed E-state index contributed by atoms with van der Waals surface area (Å²) < 4.78 is 31.7. The van der Waals surface area contributed by atoms with Gasteiger partial charge in [0, 0.05) is 0 Å². The highest BCUT2D eigenvalue weighted by Gasteiger charge is 2.19. The lowest BCUT2D eigenvalue weighted by Crippen LogP contribution is -2.15. The fraction of sp³-hybridized carbons (Fsp3) is 0.0909. The Labute approximate surface area is 131 Å². The minimum Gasteiger partial charge on any atom is -0.495 e. The van der Waals surface area contributed by atoms with Gasteiger partial charge in [-0.25, -0.2) is 18.4 Å². The molecule has 0 unspecified atom stereocenters. The van der Waals surface area contributed by atoms with E-state index in [1.54, 1.807) is 0 Å². The molecule has 0 radical (unpaired) electrons. The molecule has 0 atom stereocenters. The molecule has 0 saturated heterocycles. The second kappa shape index (κ2) is 5.92. The summed E-state index contributed by atoms with van der Waals surface area (Å²) in [5, 5.41) is -0.150. The number of aromatic nitrogens is 2. The smallest absolute Gasteiger partial charge is 0.263 e. The molecule has 1 aromatic carbocycles. The average molecular weight is 349 g/mol. The molecule has 7 nitrogen and oxygen atoms in total. The van der Waals surface area contributed by atoms with E-state index in [2.05, 4.69) is 14.7 Å². The molecule has 0 aliphatic heterocycles. The van der Waals surface area contributed by atoms with E-state index in [1.807, 2.05) is 0 Å². The quantitative estimate of drug-likeness (QED) is 0.647. The van der Waals surface area contributed by atoms with Gasteiger partial charge in [-0.05, 0) is 18.2 Å². The van der Waals surface area contributed by atoms with Crippen molar-refractivity contribution in [3.05, 3.63) is 34.7 Å². The Hall–Kier alpha value is -1.77. The number of benzene rings is 1. The number of hydrogen-bond acceptors (Lipinski definition) is 6. The zero-order valence-corrected chi connectivity index (χ0v) is 13.0. The van der Waals surface area contributed by atoms with Gasteiger partial charge >= 0.3 is 0 Å². The van der Waals surface area contributed by atoms with Crippen LogP contribution in [0.15, 0.2) is 29.4 Å². The molecular weight excluding hydrogens is 339 g/mol. The standard InChI is InChI=1S/C11H10Cl2N4O3S/c1-20-8-3-2-6(4-7(8)14)21(18,19)17-11-9(12)10(13)15-5-16-11/h2-5H,14H2,1H3,(H,15,16,17). The number of nitrogens with zero attached hydrogens (tertiary/aromatic N) is 2. The Balaban J connectivity index is 2.39. The first kappa shape index (κ1) is 15.6. The molecule has 112 valence electrons. The second-order valence-electron chi connectivity index (χ2n) is 3.84. The first-order chi connectivity index (χ1) is 9.85. The first-order valence-corrected chi connectivity index (χ1v) is 7.71. The van der Waals surface area contributed by atoms with Crippen molar-refractivity contribution in [1.82, 2.24) is 9.97 Å². The number of anilines is 2. The SMILES string of the molecule is COc1ccc(S(=O)(=O)Nc2ncnc(Cl)c2Cl)cc1N. The fourth-order valence-electron chi connectivity index (χ4n) is 1.49. The van der Waals surface area contributed by atoms with Crippen molar-refractivity contribution in [3.8, 4) is 5.75 Å². The summed E-state index contributed by atoms with van der Waals surface area (Å²) in [6.45, 7) is 0. The lowest BCUT2D eigenvalue weighted by atomic mass is 10.3. The minimum absolute atomic E-state index is 0.0568. The van der Waals surface area contributed by atoms with Crippen LogP contribution in [0.3, 0.4) is 0 Å². The molecule has 0 amide bonds. The number of hydrogen-bond donors (Lipinski definition) is 2. The normalized spacial score (nSPS) is 11.2. The van der Waals surface area contributed by atoms with Crippen molar-refractivity contribution in [2.75, 3.05) is 17.6 Å². The van der Waals surface area contributed by atoms with Crippen molar-refractivity contribution < 1.29 is 13.2 Å². The number of nitrogen functional groups attached to an aromatic ring is 1. The zero-order valence-electron chi connectivity index (χ0n) is 10.7. The zero-order chi connectivity index (χ0) is 15.6. The predicted molar refractivity (Wildman–Crippen MR) is 80.3 cm³/mol. The van der Waals surface area contributed by atoms with Gasteiger partial charge in [0.2, 0.25) is 0 Å². The monoisotopic (exact) mass is 348 g/mol. The first-order valence-electron chi connectivity index (χ1n) is 5.47. The Bertz CT molecular complexity index is 783. The van der Waals surface area contributed by atoms with Gasteiger partial charge in [0.05, 0.1) is 17.7 Å². The lowest BCUT2D eigenvalue weighted by Gasteiger charge is -2.10. The van der Waals surface area contributed by atoms with E-state index in [9.17, 15) is 8.42 Å². The van der Waals surface area contributed by atoms with Crippen LogP contribution in [-0.4, -0.2) is 25.5 Å². The van der Waals surface area contributed by atoms with E-state index in [4.69, 9.17) is 33.7 Å². The van der Waals surface area contributed by atoms with Gasteiger partial charge in [-0.1, -0.05) is 23.2 Å². The summed E-state index contributed by atoms with van der Waals surface area (Å²) in [6.07, 6.45) is 1.09. The van der Waals surface area contributed by atoms with Crippen LogP contribution < -0.4 is 15.2 Å². The van der Waals surface area contributed by atoms with E-state index in [1.165, 1.54) is 25.3 Å². The molecule has 3 N–H and O–H groups in total. The van der Waals surface area contributed by atoms with Gasteiger partial charge in [0.25, 0.3) is 10.0 Å². The maximum Gasteiger partial charge on any atom is 0.263 e. The van der Waals surface area contributed by atoms with Crippen molar-refractivity contribution in [3.63, 3.8) is 0 Å². The van der Waals surface area contributed by atoms with Crippen LogP contribution in [0, 0.1) is 0 Å². The van der Waals surface area contributed by atoms with Crippen LogP contribution in [0.5, 0.6) is 5.75 Å².